The van der Waals surface area contributed by atoms with E-state index in [1.807, 2.05) is 0 Å². The highest BCUT2D eigenvalue weighted by molar-refractivity contribution is 6.37. The summed E-state index contributed by atoms with van der Waals surface area (Å²) in [4.78, 5) is 12.7. The van der Waals surface area contributed by atoms with Crippen molar-refractivity contribution in [1.29, 1.82) is 0 Å². The molecule has 0 bridgehead atoms. The summed E-state index contributed by atoms with van der Waals surface area (Å²) in [7, 11) is 3.27. The zero-order valence-electron chi connectivity index (χ0n) is 8.96. The SMILES string of the molecule is CN(C)C(=O)COc1c(Cl)cc(N)cc1Cl. The molecule has 1 aromatic rings. The molecule has 1 aromatic carbocycles. The normalized spacial score (nSPS) is 10.0. The number of nitrogens with zero attached hydrogens (tertiary/aromatic N) is 1. The first-order valence-corrected chi connectivity index (χ1v) is 5.25. The van der Waals surface area contributed by atoms with Crippen LogP contribution in [0.4, 0.5) is 5.69 Å². The number of likely N-dealkylation sites (N-methyl/N-ethyl adjacent to an activating group) is 1. The monoisotopic (exact) mass is 262 g/mol. The Balaban J connectivity index is 2.78. The average molecular weight is 263 g/mol. The number of ether oxygens (including phenoxy) is 1. The molecule has 0 aliphatic carbocycles. The molecular formula is C10H12Cl2N2O2. The number of rotatable bonds is 3. The van der Waals surface area contributed by atoms with Gasteiger partial charge in [-0.2, -0.15) is 0 Å². The van der Waals surface area contributed by atoms with Crippen LogP contribution < -0.4 is 10.5 Å². The number of hydrogen-bond donors (Lipinski definition) is 1. The fourth-order valence-electron chi connectivity index (χ4n) is 0.980. The lowest BCUT2D eigenvalue weighted by Gasteiger charge is -2.13. The Morgan fingerprint density at radius 1 is 1.38 bits per heavy atom. The second-order valence-electron chi connectivity index (χ2n) is 3.39. The number of halogens is 2. The number of anilines is 1. The Labute approximate surface area is 104 Å². The molecule has 1 amide bonds. The Morgan fingerprint density at radius 3 is 2.31 bits per heavy atom. The summed E-state index contributed by atoms with van der Waals surface area (Å²) in [6, 6.07) is 3.03. The van der Waals surface area contributed by atoms with Crippen LogP contribution in [0.1, 0.15) is 0 Å². The van der Waals surface area contributed by atoms with Crippen molar-refractivity contribution in [2.75, 3.05) is 26.4 Å². The van der Waals surface area contributed by atoms with Crippen LogP contribution in [0.15, 0.2) is 12.1 Å². The molecule has 2 N–H and O–H groups in total. The third-order valence-corrected chi connectivity index (χ3v) is 2.42. The average Bonchev–Trinajstić information content (AvgIpc) is 2.15. The van der Waals surface area contributed by atoms with E-state index in [9.17, 15) is 4.79 Å². The molecule has 16 heavy (non-hydrogen) atoms. The molecule has 4 nitrogen and oxygen atoms in total. The molecule has 0 radical (unpaired) electrons. The molecular weight excluding hydrogens is 251 g/mol. The summed E-state index contributed by atoms with van der Waals surface area (Å²) >= 11 is 11.8. The Bertz CT molecular complexity index is 385. The van der Waals surface area contributed by atoms with Gasteiger partial charge in [-0.25, -0.2) is 0 Å². The van der Waals surface area contributed by atoms with Crippen LogP contribution in [0.25, 0.3) is 0 Å². The van der Waals surface area contributed by atoms with Crippen molar-refractivity contribution in [3.05, 3.63) is 22.2 Å². The second kappa shape index (κ2) is 5.27. The lowest BCUT2D eigenvalue weighted by molar-refractivity contribution is -0.130. The van der Waals surface area contributed by atoms with Gasteiger partial charge in [0.25, 0.3) is 5.91 Å². The third kappa shape index (κ3) is 3.18. The second-order valence-corrected chi connectivity index (χ2v) is 4.20. The van der Waals surface area contributed by atoms with E-state index in [1.54, 1.807) is 14.1 Å². The summed E-state index contributed by atoms with van der Waals surface area (Å²) < 4.78 is 5.24. The van der Waals surface area contributed by atoms with Crippen molar-refractivity contribution >= 4 is 34.8 Å². The number of nitrogens with two attached hydrogens (primary N) is 1. The van der Waals surface area contributed by atoms with Gasteiger partial charge >= 0.3 is 0 Å². The van der Waals surface area contributed by atoms with Crippen LogP contribution >= 0.6 is 23.2 Å². The first-order chi connectivity index (χ1) is 7.41. The van der Waals surface area contributed by atoms with Gasteiger partial charge in [0.05, 0.1) is 10.0 Å². The highest BCUT2D eigenvalue weighted by Crippen LogP contribution is 2.34. The van der Waals surface area contributed by atoms with E-state index in [-0.39, 0.29) is 28.3 Å². The molecule has 1 rings (SSSR count). The smallest absolute Gasteiger partial charge is 0.259 e. The fourth-order valence-corrected chi connectivity index (χ4v) is 1.59. The van der Waals surface area contributed by atoms with Crippen molar-refractivity contribution in [3.63, 3.8) is 0 Å². The summed E-state index contributed by atoms with van der Waals surface area (Å²) in [6.45, 7) is -0.115. The molecule has 0 aliphatic heterocycles. The molecule has 88 valence electrons. The van der Waals surface area contributed by atoms with Crippen LogP contribution in [0.5, 0.6) is 5.75 Å². The van der Waals surface area contributed by atoms with Crippen molar-refractivity contribution in [1.82, 2.24) is 4.90 Å². The molecule has 0 heterocycles. The van der Waals surface area contributed by atoms with Crippen molar-refractivity contribution < 1.29 is 9.53 Å². The maximum Gasteiger partial charge on any atom is 0.259 e. The quantitative estimate of drug-likeness (QED) is 0.849. The van der Waals surface area contributed by atoms with E-state index in [0.29, 0.717) is 5.69 Å². The predicted octanol–water partition coefficient (Wildman–Crippen LogP) is 2.04. The molecule has 0 spiro atoms. The third-order valence-electron chi connectivity index (χ3n) is 1.86. The molecule has 0 aromatic heterocycles. The molecule has 0 atom stereocenters. The maximum absolute atomic E-state index is 11.3. The number of carbonyl (C=O) groups excluding carboxylic acids is 1. The number of amides is 1. The van der Waals surface area contributed by atoms with E-state index in [2.05, 4.69) is 0 Å². The predicted molar refractivity (Wildman–Crippen MR) is 65.1 cm³/mol. The van der Waals surface area contributed by atoms with Gasteiger partial charge in [-0.05, 0) is 12.1 Å². The van der Waals surface area contributed by atoms with Gasteiger partial charge in [-0.1, -0.05) is 23.2 Å². The lowest BCUT2D eigenvalue weighted by Crippen LogP contribution is -2.27. The Hall–Kier alpha value is -1.13. The minimum atomic E-state index is -0.177. The summed E-state index contributed by atoms with van der Waals surface area (Å²) in [5, 5.41) is 0.577. The first kappa shape index (κ1) is 12.9. The number of carbonyl (C=O) groups is 1. The number of benzene rings is 1. The zero-order valence-corrected chi connectivity index (χ0v) is 10.5. The van der Waals surface area contributed by atoms with Gasteiger partial charge in [0.1, 0.15) is 0 Å². The van der Waals surface area contributed by atoms with Gasteiger partial charge in [0, 0.05) is 19.8 Å². The summed E-state index contributed by atoms with van der Waals surface area (Å²) in [6.07, 6.45) is 0. The molecule has 0 unspecified atom stereocenters. The topological polar surface area (TPSA) is 55.6 Å². The number of nitrogen functional groups attached to an aromatic ring is 1. The number of hydrogen-bond acceptors (Lipinski definition) is 3. The summed E-state index contributed by atoms with van der Waals surface area (Å²) in [5.74, 6) is 0.0942. The molecule has 6 heteroatoms. The van der Waals surface area contributed by atoms with Crippen molar-refractivity contribution in [3.8, 4) is 5.75 Å². The first-order valence-electron chi connectivity index (χ1n) is 4.49. The van der Waals surface area contributed by atoms with E-state index < -0.39 is 0 Å². The van der Waals surface area contributed by atoms with Crippen molar-refractivity contribution in [2.45, 2.75) is 0 Å². The summed E-state index contributed by atoms with van der Waals surface area (Å²) in [5.41, 5.74) is 5.98. The molecule has 0 aliphatic rings. The Morgan fingerprint density at radius 2 is 1.88 bits per heavy atom. The Kier molecular flexibility index (Phi) is 4.26. The minimum Gasteiger partial charge on any atom is -0.481 e. The lowest BCUT2D eigenvalue weighted by atomic mass is 10.3. The minimum absolute atomic E-state index is 0.115. The maximum atomic E-state index is 11.3. The highest BCUT2D eigenvalue weighted by Gasteiger charge is 2.11. The van der Waals surface area contributed by atoms with Crippen molar-refractivity contribution in [2.24, 2.45) is 0 Å². The van der Waals surface area contributed by atoms with Gasteiger partial charge in [0.15, 0.2) is 12.4 Å². The van der Waals surface area contributed by atoms with E-state index in [0.717, 1.165) is 0 Å². The van der Waals surface area contributed by atoms with Crippen LogP contribution in [-0.2, 0) is 4.79 Å². The van der Waals surface area contributed by atoms with Crippen LogP contribution in [-0.4, -0.2) is 31.5 Å². The van der Waals surface area contributed by atoms with Gasteiger partial charge in [0.2, 0.25) is 0 Å². The van der Waals surface area contributed by atoms with Gasteiger partial charge < -0.3 is 15.4 Å². The van der Waals surface area contributed by atoms with Gasteiger partial charge in [-0.3, -0.25) is 4.79 Å². The largest absolute Gasteiger partial charge is 0.481 e. The van der Waals surface area contributed by atoms with E-state index >= 15 is 0 Å². The standard InChI is InChI=1S/C10H12Cl2N2O2/c1-14(2)9(15)5-16-10-7(11)3-6(13)4-8(10)12/h3-4H,5,13H2,1-2H3. The van der Waals surface area contributed by atoms with E-state index in [1.165, 1.54) is 17.0 Å². The van der Waals surface area contributed by atoms with Crippen LogP contribution in [0, 0.1) is 0 Å². The van der Waals surface area contributed by atoms with Gasteiger partial charge in [-0.15, -0.1) is 0 Å². The van der Waals surface area contributed by atoms with E-state index in [4.69, 9.17) is 33.7 Å². The molecule has 0 fully saturated rings. The molecule has 0 saturated carbocycles. The molecule has 0 saturated heterocycles. The fraction of sp³-hybridized carbons (Fsp3) is 0.300. The van der Waals surface area contributed by atoms with Crippen LogP contribution in [0.2, 0.25) is 10.0 Å². The highest BCUT2D eigenvalue weighted by atomic mass is 35.5. The zero-order chi connectivity index (χ0) is 12.3. The van der Waals surface area contributed by atoms with Crippen LogP contribution in [0.3, 0.4) is 0 Å².